The molecular formula is C26H39ClN6O2. The fourth-order valence-electron chi connectivity index (χ4n) is 4.74. The third-order valence-electron chi connectivity index (χ3n) is 7.29. The monoisotopic (exact) mass is 502 g/mol. The van der Waals surface area contributed by atoms with Crippen LogP contribution in [0.3, 0.4) is 0 Å². The van der Waals surface area contributed by atoms with Gasteiger partial charge >= 0.3 is 0 Å². The van der Waals surface area contributed by atoms with Crippen molar-refractivity contribution in [3.63, 3.8) is 0 Å². The van der Waals surface area contributed by atoms with E-state index in [-0.39, 0.29) is 17.7 Å². The molecule has 192 valence electrons. The lowest BCUT2D eigenvalue weighted by Crippen LogP contribution is -2.50. The van der Waals surface area contributed by atoms with Crippen LogP contribution in [-0.2, 0) is 4.74 Å². The summed E-state index contributed by atoms with van der Waals surface area (Å²) in [6, 6.07) is 8.78. The van der Waals surface area contributed by atoms with Gasteiger partial charge in [0.1, 0.15) is 11.6 Å². The van der Waals surface area contributed by atoms with Gasteiger partial charge in [-0.2, -0.15) is 0 Å². The van der Waals surface area contributed by atoms with E-state index >= 15 is 0 Å². The van der Waals surface area contributed by atoms with Gasteiger partial charge in [0.05, 0.1) is 16.8 Å². The molecule has 0 aromatic carbocycles. The van der Waals surface area contributed by atoms with E-state index in [0.717, 1.165) is 61.4 Å². The van der Waals surface area contributed by atoms with Crippen molar-refractivity contribution in [3.8, 4) is 11.3 Å². The minimum atomic E-state index is -0.344. The Bertz CT molecular complexity index is 961. The molecule has 1 aliphatic carbocycles. The highest BCUT2D eigenvalue weighted by molar-refractivity contribution is 6.33. The second kappa shape index (κ2) is 11.8. The SMILES string of the molecule is C[C@H](O)[C@@H](C)NC1CCC(Nc2cc(-c3cccc(NCC4(N)CCOCC4)n3)c(Cl)cn2)CC1. The van der Waals surface area contributed by atoms with Gasteiger partial charge in [-0.15, -0.1) is 0 Å². The van der Waals surface area contributed by atoms with Gasteiger partial charge in [-0.05, 0) is 70.6 Å². The second-order valence-corrected chi connectivity index (χ2v) is 10.6. The molecule has 3 heterocycles. The average Bonchev–Trinajstić information content (AvgIpc) is 2.86. The standard InChI is InChI=1S/C26H39ClN6O2/c1-17(18(2)34)31-19-6-8-20(9-7-19)32-25-14-21(22(27)15-29-25)23-4-3-5-24(33-23)30-16-26(28)10-12-35-13-11-26/h3-5,14-15,17-20,31,34H,6-13,16,28H2,1-2H3,(H,29,32)(H,30,33)/t17-,18+,19?,20?/m1/s1. The van der Waals surface area contributed by atoms with Crippen molar-refractivity contribution in [2.75, 3.05) is 30.4 Å². The molecular weight excluding hydrogens is 464 g/mol. The van der Waals surface area contributed by atoms with E-state index in [1.54, 1.807) is 6.20 Å². The van der Waals surface area contributed by atoms with E-state index in [0.29, 0.717) is 36.9 Å². The molecule has 0 spiro atoms. The van der Waals surface area contributed by atoms with Crippen molar-refractivity contribution in [2.45, 2.75) is 82.1 Å². The van der Waals surface area contributed by atoms with Crippen molar-refractivity contribution in [2.24, 2.45) is 5.73 Å². The molecule has 0 bridgehead atoms. The third kappa shape index (κ3) is 7.27. The van der Waals surface area contributed by atoms with Crippen LogP contribution in [0.4, 0.5) is 11.6 Å². The maximum atomic E-state index is 9.75. The van der Waals surface area contributed by atoms with E-state index in [4.69, 9.17) is 27.1 Å². The lowest BCUT2D eigenvalue weighted by Gasteiger charge is -2.33. The summed E-state index contributed by atoms with van der Waals surface area (Å²) in [6.45, 7) is 5.92. The average molecular weight is 503 g/mol. The summed E-state index contributed by atoms with van der Waals surface area (Å²) in [7, 11) is 0. The Balaban J connectivity index is 1.37. The van der Waals surface area contributed by atoms with Crippen LogP contribution in [0.15, 0.2) is 30.5 Å². The first-order valence-corrected chi connectivity index (χ1v) is 13.1. The van der Waals surface area contributed by atoms with Crippen molar-refractivity contribution in [3.05, 3.63) is 35.5 Å². The van der Waals surface area contributed by atoms with Crippen LogP contribution in [0.1, 0.15) is 52.4 Å². The van der Waals surface area contributed by atoms with Crippen LogP contribution in [0.25, 0.3) is 11.3 Å². The fraction of sp³-hybridized carbons (Fsp3) is 0.615. The number of anilines is 2. The van der Waals surface area contributed by atoms with Crippen molar-refractivity contribution < 1.29 is 9.84 Å². The summed E-state index contributed by atoms with van der Waals surface area (Å²) in [6.07, 6.45) is 7.25. The van der Waals surface area contributed by atoms with Gasteiger partial charge < -0.3 is 31.5 Å². The number of hydrogen-bond acceptors (Lipinski definition) is 8. The molecule has 2 fully saturated rings. The Morgan fingerprint density at radius 3 is 2.57 bits per heavy atom. The maximum absolute atomic E-state index is 9.75. The number of aromatic nitrogens is 2. The first kappa shape index (κ1) is 26.1. The van der Waals surface area contributed by atoms with E-state index in [1.807, 2.05) is 38.1 Å². The van der Waals surface area contributed by atoms with Crippen molar-refractivity contribution >= 4 is 23.2 Å². The zero-order valence-corrected chi connectivity index (χ0v) is 21.5. The summed E-state index contributed by atoms with van der Waals surface area (Å²) >= 11 is 6.53. The molecule has 2 aromatic rings. The summed E-state index contributed by atoms with van der Waals surface area (Å²) in [5.41, 5.74) is 7.88. The molecule has 2 aliphatic rings. The van der Waals surface area contributed by atoms with Gasteiger partial charge in [0.25, 0.3) is 0 Å². The zero-order valence-electron chi connectivity index (χ0n) is 20.8. The van der Waals surface area contributed by atoms with Gasteiger partial charge in [-0.3, -0.25) is 0 Å². The van der Waals surface area contributed by atoms with Crippen LogP contribution in [0.5, 0.6) is 0 Å². The number of nitrogens with two attached hydrogens (primary N) is 1. The molecule has 9 heteroatoms. The number of rotatable bonds is 9. The number of hydrogen-bond donors (Lipinski definition) is 5. The largest absolute Gasteiger partial charge is 0.392 e. The quantitative estimate of drug-likeness (QED) is 0.351. The number of halogens is 1. The van der Waals surface area contributed by atoms with Crippen molar-refractivity contribution in [1.82, 2.24) is 15.3 Å². The summed E-state index contributed by atoms with van der Waals surface area (Å²) in [5, 5.41) is 20.8. The molecule has 4 rings (SSSR count). The minimum absolute atomic E-state index is 0.106. The third-order valence-corrected chi connectivity index (χ3v) is 7.59. The molecule has 6 N–H and O–H groups in total. The number of aliphatic hydroxyl groups excluding tert-OH is 1. The maximum Gasteiger partial charge on any atom is 0.126 e. The van der Waals surface area contributed by atoms with Crippen LogP contribution >= 0.6 is 11.6 Å². The van der Waals surface area contributed by atoms with Crippen LogP contribution in [0.2, 0.25) is 5.02 Å². The Morgan fingerprint density at radius 1 is 1.14 bits per heavy atom. The highest BCUT2D eigenvalue weighted by Gasteiger charge is 2.28. The van der Waals surface area contributed by atoms with Crippen molar-refractivity contribution in [1.29, 1.82) is 0 Å². The number of nitrogens with zero attached hydrogens (tertiary/aromatic N) is 2. The Hall–Kier alpha value is -1.97. The first-order valence-electron chi connectivity index (χ1n) is 12.8. The molecule has 35 heavy (non-hydrogen) atoms. The molecule has 0 amide bonds. The zero-order chi connectivity index (χ0) is 24.8. The molecule has 1 aliphatic heterocycles. The molecule has 8 nitrogen and oxygen atoms in total. The van der Waals surface area contributed by atoms with Gasteiger partial charge in [-0.1, -0.05) is 17.7 Å². The lowest BCUT2D eigenvalue weighted by atomic mass is 9.90. The van der Waals surface area contributed by atoms with E-state index in [1.165, 1.54) is 0 Å². The first-order chi connectivity index (χ1) is 16.8. The number of nitrogens with one attached hydrogen (secondary N) is 3. The normalized spacial score (nSPS) is 23.9. The number of pyridine rings is 2. The summed E-state index contributed by atoms with van der Waals surface area (Å²) in [5.74, 6) is 1.58. The number of aliphatic hydroxyl groups is 1. The van der Waals surface area contributed by atoms with Gasteiger partial charge in [0.15, 0.2) is 0 Å². The predicted molar refractivity (Wildman–Crippen MR) is 142 cm³/mol. The topological polar surface area (TPSA) is 117 Å². The summed E-state index contributed by atoms with van der Waals surface area (Å²) in [4.78, 5) is 9.31. The van der Waals surface area contributed by atoms with Gasteiger partial charge in [0.2, 0.25) is 0 Å². The summed E-state index contributed by atoms with van der Waals surface area (Å²) < 4.78 is 5.44. The second-order valence-electron chi connectivity index (χ2n) is 10.2. The Kier molecular flexibility index (Phi) is 8.83. The number of ether oxygens (including phenoxy) is 1. The predicted octanol–water partition coefficient (Wildman–Crippen LogP) is 3.80. The molecule has 0 radical (unpaired) electrons. The van der Waals surface area contributed by atoms with Crippen LogP contribution in [-0.4, -0.2) is 64.6 Å². The van der Waals surface area contributed by atoms with Crippen LogP contribution in [0, 0.1) is 0 Å². The van der Waals surface area contributed by atoms with E-state index < -0.39 is 0 Å². The highest BCUT2D eigenvalue weighted by atomic mass is 35.5. The molecule has 2 atom stereocenters. The lowest BCUT2D eigenvalue weighted by molar-refractivity contribution is 0.0574. The molecule has 1 saturated carbocycles. The highest BCUT2D eigenvalue weighted by Crippen LogP contribution is 2.30. The minimum Gasteiger partial charge on any atom is -0.392 e. The van der Waals surface area contributed by atoms with E-state index in [2.05, 4.69) is 20.9 Å². The smallest absolute Gasteiger partial charge is 0.126 e. The molecule has 1 saturated heterocycles. The van der Waals surface area contributed by atoms with E-state index in [9.17, 15) is 5.11 Å². The Labute approximate surface area is 213 Å². The molecule has 0 unspecified atom stereocenters. The Morgan fingerprint density at radius 2 is 1.86 bits per heavy atom. The van der Waals surface area contributed by atoms with Crippen LogP contribution < -0.4 is 21.7 Å². The fourth-order valence-corrected chi connectivity index (χ4v) is 4.94. The molecule has 2 aromatic heterocycles. The van der Waals surface area contributed by atoms with Gasteiger partial charge in [0, 0.05) is 55.2 Å². The van der Waals surface area contributed by atoms with Gasteiger partial charge in [-0.25, -0.2) is 9.97 Å².